The molecule has 9 rings (SSSR count). The highest BCUT2D eigenvalue weighted by Gasteiger charge is 2.66. The average molecular weight is 723 g/mol. The Labute approximate surface area is 310 Å². The Morgan fingerprint density at radius 2 is 1.66 bits per heavy atom. The summed E-state index contributed by atoms with van der Waals surface area (Å²) in [5.41, 5.74) is 0.00844. The number of aliphatic hydroxyl groups is 3. The number of aromatic hydroxyl groups is 2. The Balaban J connectivity index is 1.01. The van der Waals surface area contributed by atoms with Crippen molar-refractivity contribution in [3.8, 4) is 23.0 Å². The maximum Gasteiger partial charge on any atom is 0.340 e. The molecular formula is C44H50O9. The molecule has 1 spiro atoms. The zero-order chi connectivity index (χ0) is 37.2. The molecule has 6 aliphatic rings. The van der Waals surface area contributed by atoms with E-state index in [2.05, 4.69) is 20.8 Å². The second kappa shape index (κ2) is 12.0. The quantitative estimate of drug-likeness (QED) is 0.136. The molecule has 0 saturated heterocycles. The molecule has 9 nitrogen and oxygen atoms in total. The van der Waals surface area contributed by atoms with Gasteiger partial charge in [0.1, 0.15) is 23.0 Å². The molecule has 4 fully saturated rings. The summed E-state index contributed by atoms with van der Waals surface area (Å²) in [7, 11) is 0. The number of rotatable bonds is 5. The third kappa shape index (κ3) is 4.85. The third-order valence-electron chi connectivity index (χ3n) is 15.4. The minimum atomic E-state index is -1.53. The second-order valence-electron chi connectivity index (χ2n) is 17.7. The van der Waals surface area contributed by atoms with Crippen molar-refractivity contribution in [2.45, 2.75) is 102 Å². The number of hydrogen-bond donors (Lipinski definition) is 5. The van der Waals surface area contributed by atoms with Crippen LogP contribution in [0.5, 0.6) is 23.0 Å². The molecule has 5 N–H and O–H groups in total. The van der Waals surface area contributed by atoms with Crippen LogP contribution in [0.2, 0.25) is 0 Å². The number of phenolic OH excluding ortho intramolecular Hbond substituents is 2. The fourth-order valence-electron chi connectivity index (χ4n) is 12.8. The lowest BCUT2D eigenvalue weighted by molar-refractivity contribution is -0.207. The van der Waals surface area contributed by atoms with Gasteiger partial charge in [-0.05, 0) is 122 Å². The third-order valence-corrected chi connectivity index (χ3v) is 15.4. The van der Waals surface area contributed by atoms with Crippen LogP contribution in [-0.2, 0) is 10.3 Å². The molecule has 0 radical (unpaired) electrons. The van der Waals surface area contributed by atoms with Crippen molar-refractivity contribution in [2.75, 3.05) is 0 Å². The van der Waals surface area contributed by atoms with E-state index in [-0.39, 0.29) is 87.8 Å². The molecule has 4 saturated carbocycles. The van der Waals surface area contributed by atoms with Gasteiger partial charge in [-0.3, -0.25) is 4.79 Å². The number of carbonyl (C=O) groups excluding carboxylic acids is 2. The monoisotopic (exact) mass is 722 g/mol. The van der Waals surface area contributed by atoms with Gasteiger partial charge in [-0.25, -0.2) is 4.79 Å². The van der Waals surface area contributed by atoms with Crippen LogP contribution < -0.4 is 4.74 Å². The summed E-state index contributed by atoms with van der Waals surface area (Å²) < 4.78 is 12.5. The molecule has 4 aliphatic carbocycles. The standard InChI is InChI=1S/C44H50O9/c1-22(29-11-12-32-39-33(21-38(50)43(29,32)3)42(2)15-14-25(46)16-23(42)17-35(39)49)8-13-34(48)28-18-26(47)20-37-40(28)44(31-10-9-24(45)19-36(31)52-37)30-7-5-4-6-27(30)41(51)53-44/h4-7,9-10,18-20,22-23,25,29,32-33,35,38-39,45-47,49-50H,8,11-17,21H2,1-3H3. The number of ether oxygens (including phenoxy) is 2. The number of aliphatic hydroxyl groups excluding tert-OH is 3. The Hall–Kier alpha value is -3.92. The first-order valence-corrected chi connectivity index (χ1v) is 19.6. The first-order valence-electron chi connectivity index (χ1n) is 19.6. The molecule has 280 valence electrons. The second-order valence-corrected chi connectivity index (χ2v) is 17.7. The van der Waals surface area contributed by atoms with Crippen molar-refractivity contribution in [1.82, 2.24) is 0 Å². The highest BCUT2D eigenvalue weighted by atomic mass is 16.6. The van der Waals surface area contributed by atoms with E-state index in [1.54, 1.807) is 24.3 Å². The molecular weight excluding hydrogens is 672 g/mol. The molecule has 9 heteroatoms. The van der Waals surface area contributed by atoms with Gasteiger partial charge in [0.25, 0.3) is 0 Å². The number of Topliss-reactive ketones (excluding diaryl/α,β-unsaturated/α-hetero) is 1. The van der Waals surface area contributed by atoms with Gasteiger partial charge in [0.15, 0.2) is 11.4 Å². The first kappa shape index (κ1) is 34.8. The number of benzene rings is 3. The molecule has 2 aliphatic heterocycles. The van der Waals surface area contributed by atoms with Gasteiger partial charge < -0.3 is 35.0 Å². The molecule has 2 heterocycles. The predicted octanol–water partition coefficient (Wildman–Crippen LogP) is 7.23. The van der Waals surface area contributed by atoms with Gasteiger partial charge in [-0.15, -0.1) is 0 Å². The molecule has 53 heavy (non-hydrogen) atoms. The van der Waals surface area contributed by atoms with E-state index in [4.69, 9.17) is 9.47 Å². The lowest BCUT2D eigenvalue weighted by Gasteiger charge is -2.63. The van der Waals surface area contributed by atoms with Gasteiger partial charge in [-0.1, -0.05) is 39.0 Å². The van der Waals surface area contributed by atoms with Crippen LogP contribution in [0.1, 0.15) is 116 Å². The van der Waals surface area contributed by atoms with E-state index in [0.717, 1.165) is 32.1 Å². The van der Waals surface area contributed by atoms with Gasteiger partial charge >= 0.3 is 5.97 Å². The van der Waals surface area contributed by atoms with Crippen LogP contribution in [0, 0.1) is 46.3 Å². The number of fused-ring (bicyclic) bond motifs is 11. The van der Waals surface area contributed by atoms with Crippen molar-refractivity contribution < 1.29 is 44.6 Å². The zero-order valence-electron chi connectivity index (χ0n) is 30.6. The highest BCUT2D eigenvalue weighted by Crippen LogP contribution is 2.68. The van der Waals surface area contributed by atoms with Crippen LogP contribution >= 0.6 is 0 Å². The lowest BCUT2D eigenvalue weighted by Crippen LogP contribution is -2.62. The normalized spacial score (nSPS) is 38.3. The minimum absolute atomic E-state index is 0.00191. The fourth-order valence-corrected chi connectivity index (χ4v) is 12.8. The van der Waals surface area contributed by atoms with Gasteiger partial charge in [-0.2, -0.15) is 0 Å². The summed E-state index contributed by atoms with van der Waals surface area (Å²) in [5.74, 6) is 0.431. The first-order chi connectivity index (χ1) is 25.3. The summed E-state index contributed by atoms with van der Waals surface area (Å²) in [6.07, 6.45) is 5.04. The molecule has 12 unspecified atom stereocenters. The van der Waals surface area contributed by atoms with Crippen LogP contribution in [0.4, 0.5) is 0 Å². The largest absolute Gasteiger partial charge is 0.508 e. The Kier molecular flexibility index (Phi) is 7.91. The van der Waals surface area contributed by atoms with Crippen molar-refractivity contribution in [3.05, 3.63) is 82.4 Å². The topological polar surface area (TPSA) is 154 Å². The number of esters is 1. The van der Waals surface area contributed by atoms with Crippen molar-refractivity contribution in [2.24, 2.45) is 46.3 Å². The summed E-state index contributed by atoms with van der Waals surface area (Å²) in [5, 5.41) is 55.5. The Morgan fingerprint density at radius 3 is 2.47 bits per heavy atom. The molecule has 12 atom stereocenters. The summed E-state index contributed by atoms with van der Waals surface area (Å²) in [4.78, 5) is 27.9. The molecule has 3 aromatic carbocycles. The predicted molar refractivity (Wildman–Crippen MR) is 195 cm³/mol. The van der Waals surface area contributed by atoms with Crippen LogP contribution in [0.3, 0.4) is 0 Å². The highest BCUT2D eigenvalue weighted by molar-refractivity contribution is 6.02. The van der Waals surface area contributed by atoms with E-state index in [0.29, 0.717) is 41.5 Å². The van der Waals surface area contributed by atoms with Crippen molar-refractivity contribution in [3.63, 3.8) is 0 Å². The number of ketones is 1. The maximum atomic E-state index is 14.5. The summed E-state index contributed by atoms with van der Waals surface area (Å²) in [6, 6.07) is 14.5. The molecule has 3 aromatic rings. The SMILES string of the molecule is CC(CCC(=O)c1cc(O)cc2c1C1(OC(=O)c3ccccc31)c1ccc(O)cc1O2)C1CCC2C3C(O)CC4CC(O)CCC4(C)C3CC(O)C12C. The molecule has 0 amide bonds. The number of carbonyl (C=O) groups is 2. The average Bonchev–Trinajstić information content (AvgIpc) is 3.63. The van der Waals surface area contributed by atoms with E-state index in [9.17, 15) is 35.1 Å². The molecule has 0 bridgehead atoms. The van der Waals surface area contributed by atoms with Crippen LogP contribution in [0.15, 0.2) is 54.6 Å². The van der Waals surface area contributed by atoms with Gasteiger partial charge in [0.05, 0.1) is 29.4 Å². The van der Waals surface area contributed by atoms with Gasteiger partial charge in [0, 0.05) is 35.2 Å². The van der Waals surface area contributed by atoms with E-state index < -0.39 is 29.2 Å². The fraction of sp³-hybridized carbons (Fsp3) is 0.545. The van der Waals surface area contributed by atoms with Gasteiger partial charge in [0.2, 0.25) is 0 Å². The van der Waals surface area contributed by atoms with Crippen LogP contribution in [0.25, 0.3) is 0 Å². The Morgan fingerprint density at radius 1 is 0.887 bits per heavy atom. The Bertz CT molecular complexity index is 2010. The lowest BCUT2D eigenvalue weighted by atomic mass is 9.43. The number of hydrogen-bond acceptors (Lipinski definition) is 9. The smallest absolute Gasteiger partial charge is 0.340 e. The van der Waals surface area contributed by atoms with E-state index in [1.807, 2.05) is 6.07 Å². The number of phenols is 2. The summed E-state index contributed by atoms with van der Waals surface area (Å²) >= 11 is 0. The van der Waals surface area contributed by atoms with Crippen LogP contribution in [-0.4, -0.2) is 55.6 Å². The van der Waals surface area contributed by atoms with Crippen molar-refractivity contribution >= 4 is 11.8 Å². The minimum Gasteiger partial charge on any atom is -0.508 e. The van der Waals surface area contributed by atoms with E-state index in [1.165, 1.54) is 24.3 Å². The maximum absolute atomic E-state index is 14.5. The van der Waals surface area contributed by atoms with E-state index >= 15 is 0 Å². The van der Waals surface area contributed by atoms with Crippen molar-refractivity contribution in [1.29, 1.82) is 0 Å². The zero-order valence-corrected chi connectivity index (χ0v) is 30.6. The molecule has 0 aromatic heterocycles. The summed E-state index contributed by atoms with van der Waals surface area (Å²) in [6.45, 7) is 6.72.